The number of hydrogen-bond donors (Lipinski definition) is 2. The maximum atomic E-state index is 12.9. The number of carbonyl (C=O) groups is 1. The molecule has 31 heavy (non-hydrogen) atoms. The van der Waals surface area contributed by atoms with Crippen molar-refractivity contribution >= 4 is 33.5 Å². The summed E-state index contributed by atoms with van der Waals surface area (Å²) in [6, 6.07) is 10.5. The van der Waals surface area contributed by atoms with Gasteiger partial charge >= 0.3 is 0 Å². The molecule has 0 aliphatic heterocycles. The molecule has 0 fully saturated rings. The van der Waals surface area contributed by atoms with Gasteiger partial charge in [0.05, 0.1) is 32.7 Å². The van der Waals surface area contributed by atoms with Gasteiger partial charge in [-0.15, -0.1) is 0 Å². The van der Waals surface area contributed by atoms with Crippen molar-refractivity contribution in [2.45, 2.75) is 13.5 Å². The smallest absolute Gasteiger partial charge is 0.278 e. The molecule has 9 nitrogen and oxygen atoms in total. The van der Waals surface area contributed by atoms with Crippen molar-refractivity contribution in [3.8, 4) is 17.2 Å². The zero-order valence-electron chi connectivity index (χ0n) is 17.4. The van der Waals surface area contributed by atoms with Crippen LogP contribution in [0.4, 0.5) is 5.69 Å². The Morgan fingerprint density at radius 2 is 1.84 bits per heavy atom. The largest absolute Gasteiger partial charge is 0.494 e. The van der Waals surface area contributed by atoms with Gasteiger partial charge in [-0.1, -0.05) is 0 Å². The van der Waals surface area contributed by atoms with Crippen LogP contribution >= 0.6 is 0 Å². The quantitative estimate of drug-likeness (QED) is 0.474. The molecule has 0 radical (unpaired) electrons. The molecule has 0 aliphatic carbocycles. The predicted octanol–water partition coefficient (Wildman–Crippen LogP) is 2.93. The summed E-state index contributed by atoms with van der Waals surface area (Å²) < 4.78 is 17.3. The second-order valence-electron chi connectivity index (χ2n) is 6.78. The summed E-state index contributed by atoms with van der Waals surface area (Å²) in [6.45, 7) is 2.30. The Balaban J connectivity index is 1.60. The number of benzene rings is 2. The molecular weight excluding hydrogens is 400 g/mol. The molecule has 2 heterocycles. The second-order valence-corrected chi connectivity index (χ2v) is 6.78. The lowest BCUT2D eigenvalue weighted by atomic mass is 10.2. The van der Waals surface area contributed by atoms with Gasteiger partial charge in [0.25, 0.3) is 5.56 Å². The van der Waals surface area contributed by atoms with Crippen LogP contribution in [0.2, 0.25) is 0 Å². The highest BCUT2D eigenvalue weighted by atomic mass is 16.5. The first-order valence-corrected chi connectivity index (χ1v) is 9.69. The fourth-order valence-electron chi connectivity index (χ4n) is 3.39. The Morgan fingerprint density at radius 1 is 1.13 bits per heavy atom. The van der Waals surface area contributed by atoms with Crippen LogP contribution in [0.15, 0.2) is 47.5 Å². The molecule has 0 aliphatic rings. The molecule has 4 aromatic rings. The number of nitrogens with zero attached hydrogens (tertiary/aromatic N) is 2. The molecule has 0 saturated heterocycles. The van der Waals surface area contributed by atoms with Crippen molar-refractivity contribution in [1.29, 1.82) is 0 Å². The van der Waals surface area contributed by atoms with Crippen LogP contribution in [-0.2, 0) is 11.3 Å². The molecule has 0 unspecified atom stereocenters. The van der Waals surface area contributed by atoms with Gasteiger partial charge in [0.1, 0.15) is 23.3 Å². The summed E-state index contributed by atoms with van der Waals surface area (Å²) in [4.78, 5) is 32.9. The summed E-state index contributed by atoms with van der Waals surface area (Å²) in [5, 5.41) is 3.50. The summed E-state index contributed by atoms with van der Waals surface area (Å²) in [6.07, 6.45) is 1.37. The number of rotatable bonds is 7. The SMILES string of the molecule is CCOc1ccc(NC(=O)Cn2cnc3c([nH]c4cc(OC)c(OC)cc43)c2=O)cc1. The third-order valence-electron chi connectivity index (χ3n) is 4.84. The number of H-pyrrole nitrogens is 1. The van der Waals surface area contributed by atoms with Crippen molar-refractivity contribution in [2.75, 3.05) is 26.1 Å². The minimum atomic E-state index is -0.346. The number of amides is 1. The third-order valence-corrected chi connectivity index (χ3v) is 4.84. The fraction of sp³-hybridized carbons (Fsp3) is 0.227. The number of hydrogen-bond acceptors (Lipinski definition) is 6. The van der Waals surface area contributed by atoms with Crippen LogP contribution in [0.1, 0.15) is 6.92 Å². The van der Waals surface area contributed by atoms with E-state index in [1.54, 1.807) is 50.6 Å². The number of nitrogens with one attached hydrogen (secondary N) is 2. The third kappa shape index (κ3) is 3.89. The number of anilines is 1. The second kappa shape index (κ2) is 8.39. The molecule has 4 rings (SSSR count). The van der Waals surface area contributed by atoms with Crippen LogP contribution in [0.5, 0.6) is 17.2 Å². The minimum Gasteiger partial charge on any atom is -0.494 e. The van der Waals surface area contributed by atoms with Gasteiger partial charge in [-0.05, 0) is 37.3 Å². The minimum absolute atomic E-state index is 0.170. The highest BCUT2D eigenvalue weighted by molar-refractivity contribution is 6.05. The van der Waals surface area contributed by atoms with Crippen LogP contribution in [0.25, 0.3) is 21.9 Å². The normalized spacial score (nSPS) is 10.9. The van der Waals surface area contributed by atoms with E-state index in [1.165, 1.54) is 10.9 Å². The molecule has 9 heteroatoms. The lowest BCUT2D eigenvalue weighted by molar-refractivity contribution is -0.116. The van der Waals surface area contributed by atoms with Crippen molar-refractivity contribution in [2.24, 2.45) is 0 Å². The first kappa shape index (κ1) is 20.3. The summed E-state index contributed by atoms with van der Waals surface area (Å²) in [7, 11) is 3.09. The lowest BCUT2D eigenvalue weighted by Gasteiger charge is -2.08. The molecular formula is C22H22N4O5. The van der Waals surface area contributed by atoms with Gasteiger partial charge in [0.15, 0.2) is 11.5 Å². The van der Waals surface area contributed by atoms with E-state index in [-0.39, 0.29) is 18.0 Å². The zero-order valence-corrected chi connectivity index (χ0v) is 17.4. The van der Waals surface area contributed by atoms with Gasteiger partial charge < -0.3 is 24.5 Å². The number of methoxy groups -OCH3 is 2. The monoisotopic (exact) mass is 422 g/mol. The van der Waals surface area contributed by atoms with Gasteiger partial charge in [0.2, 0.25) is 5.91 Å². The Morgan fingerprint density at radius 3 is 2.52 bits per heavy atom. The van der Waals surface area contributed by atoms with Crippen molar-refractivity contribution < 1.29 is 19.0 Å². The van der Waals surface area contributed by atoms with Gasteiger partial charge in [0, 0.05) is 17.1 Å². The van der Waals surface area contributed by atoms with Gasteiger partial charge in [-0.3, -0.25) is 14.2 Å². The first-order chi connectivity index (χ1) is 15.0. The van der Waals surface area contributed by atoms with E-state index in [1.807, 2.05) is 6.92 Å². The van der Waals surface area contributed by atoms with Crippen molar-refractivity contribution in [1.82, 2.24) is 14.5 Å². The fourth-order valence-corrected chi connectivity index (χ4v) is 3.39. The van der Waals surface area contributed by atoms with E-state index < -0.39 is 0 Å². The van der Waals surface area contributed by atoms with Crippen LogP contribution in [0.3, 0.4) is 0 Å². The van der Waals surface area contributed by atoms with Gasteiger partial charge in [-0.2, -0.15) is 0 Å². The Kier molecular flexibility index (Phi) is 5.48. The predicted molar refractivity (Wildman–Crippen MR) is 117 cm³/mol. The number of aromatic amines is 1. The van der Waals surface area contributed by atoms with Crippen molar-refractivity contribution in [3.05, 3.63) is 53.1 Å². The Labute approximate surface area is 177 Å². The van der Waals surface area contributed by atoms with E-state index in [2.05, 4.69) is 15.3 Å². The molecule has 0 bridgehead atoms. The Hall–Kier alpha value is -4.01. The number of ether oxygens (including phenoxy) is 3. The molecule has 160 valence electrons. The number of carbonyl (C=O) groups excluding carboxylic acids is 1. The van der Waals surface area contributed by atoms with Crippen LogP contribution in [0, 0.1) is 0 Å². The van der Waals surface area contributed by atoms with Crippen molar-refractivity contribution in [3.63, 3.8) is 0 Å². The van der Waals surface area contributed by atoms with Crippen LogP contribution in [-0.4, -0.2) is 41.3 Å². The summed E-state index contributed by atoms with van der Waals surface area (Å²) >= 11 is 0. The molecule has 1 amide bonds. The average molecular weight is 422 g/mol. The molecule has 2 aromatic carbocycles. The highest BCUT2D eigenvalue weighted by Crippen LogP contribution is 2.34. The van der Waals surface area contributed by atoms with E-state index in [9.17, 15) is 9.59 Å². The Bertz CT molecular complexity index is 1310. The molecule has 2 aromatic heterocycles. The maximum absolute atomic E-state index is 12.9. The van der Waals surface area contributed by atoms with Crippen LogP contribution < -0.4 is 25.1 Å². The van der Waals surface area contributed by atoms with E-state index >= 15 is 0 Å². The first-order valence-electron chi connectivity index (χ1n) is 9.69. The zero-order chi connectivity index (χ0) is 22.0. The molecule has 0 spiro atoms. The molecule has 2 N–H and O–H groups in total. The van der Waals surface area contributed by atoms with E-state index in [0.29, 0.717) is 40.3 Å². The summed E-state index contributed by atoms with van der Waals surface area (Å²) in [5.41, 5.74) is 1.76. The molecule has 0 saturated carbocycles. The maximum Gasteiger partial charge on any atom is 0.278 e. The average Bonchev–Trinajstić information content (AvgIpc) is 3.14. The van der Waals surface area contributed by atoms with E-state index in [0.717, 1.165) is 11.1 Å². The lowest BCUT2D eigenvalue weighted by Crippen LogP contribution is -2.27. The van der Waals surface area contributed by atoms with E-state index in [4.69, 9.17) is 14.2 Å². The highest BCUT2D eigenvalue weighted by Gasteiger charge is 2.16. The number of aromatic nitrogens is 3. The number of fused-ring (bicyclic) bond motifs is 3. The topological polar surface area (TPSA) is 107 Å². The standard InChI is InChI=1S/C22H22N4O5/c1-4-31-14-7-5-13(6-8-14)24-19(27)11-26-12-23-20-15-9-17(29-2)18(30-3)10-16(15)25-21(20)22(26)28/h5-10,12,25H,4,11H2,1-3H3,(H,24,27). The van der Waals surface area contributed by atoms with Gasteiger partial charge in [-0.25, -0.2) is 4.98 Å². The molecule has 0 atom stereocenters. The summed E-state index contributed by atoms with van der Waals surface area (Å²) in [5.74, 6) is 1.46.